The predicted octanol–water partition coefficient (Wildman–Crippen LogP) is 1.78. The lowest BCUT2D eigenvalue weighted by molar-refractivity contribution is -0.122. The summed E-state index contributed by atoms with van der Waals surface area (Å²) >= 11 is 0. The third-order valence-corrected chi connectivity index (χ3v) is 4.44. The molecule has 1 aromatic carbocycles. The normalized spacial score (nSPS) is 19.8. The molecule has 0 unspecified atom stereocenters. The van der Waals surface area contributed by atoms with Gasteiger partial charge in [0.15, 0.2) is 0 Å². The van der Waals surface area contributed by atoms with Gasteiger partial charge in [-0.25, -0.2) is 4.39 Å². The molecule has 1 saturated carbocycles. The number of benzene rings is 1. The first-order valence-electron chi connectivity index (χ1n) is 7.70. The molecule has 1 aliphatic carbocycles. The standard InChI is InChI=1S/C16H22FN3O/c17-14-3-1-2-12(10-19-13-4-5-13)15(14)20-8-6-11(7-9-20)16(18)21/h1-3,11,13,19H,4-10H2,(H2,18,21). The second-order valence-corrected chi connectivity index (χ2v) is 6.07. The molecule has 1 heterocycles. The van der Waals surface area contributed by atoms with Crippen molar-refractivity contribution in [2.75, 3.05) is 18.0 Å². The van der Waals surface area contributed by atoms with Crippen LogP contribution < -0.4 is 16.0 Å². The molecule has 1 aromatic rings. The Morgan fingerprint density at radius 1 is 1.29 bits per heavy atom. The number of para-hydroxylation sites is 1. The molecule has 0 radical (unpaired) electrons. The number of amides is 1. The van der Waals surface area contributed by atoms with Crippen molar-refractivity contribution in [3.8, 4) is 0 Å². The smallest absolute Gasteiger partial charge is 0.220 e. The summed E-state index contributed by atoms with van der Waals surface area (Å²) in [5.41, 5.74) is 7.05. The number of piperidine rings is 1. The Labute approximate surface area is 124 Å². The highest BCUT2D eigenvalue weighted by Gasteiger charge is 2.26. The molecule has 2 fully saturated rings. The lowest BCUT2D eigenvalue weighted by Crippen LogP contribution is -2.39. The molecule has 3 N–H and O–H groups in total. The second-order valence-electron chi connectivity index (χ2n) is 6.07. The lowest BCUT2D eigenvalue weighted by atomic mass is 9.95. The van der Waals surface area contributed by atoms with Gasteiger partial charge in [-0.3, -0.25) is 4.79 Å². The van der Waals surface area contributed by atoms with E-state index in [0.29, 0.717) is 44.2 Å². The number of carbonyl (C=O) groups excluding carboxylic acids is 1. The fourth-order valence-electron chi connectivity index (χ4n) is 2.99. The first-order chi connectivity index (χ1) is 10.1. The minimum absolute atomic E-state index is 0.0685. The van der Waals surface area contributed by atoms with Crippen molar-refractivity contribution in [2.45, 2.75) is 38.3 Å². The Balaban J connectivity index is 1.72. The molecular formula is C16H22FN3O. The molecule has 1 saturated heterocycles. The van der Waals surface area contributed by atoms with Gasteiger partial charge in [-0.05, 0) is 37.3 Å². The van der Waals surface area contributed by atoms with Crippen molar-refractivity contribution >= 4 is 11.6 Å². The van der Waals surface area contributed by atoms with Gasteiger partial charge in [0, 0.05) is 31.6 Å². The van der Waals surface area contributed by atoms with Crippen LogP contribution in [0.1, 0.15) is 31.2 Å². The number of anilines is 1. The number of primary amides is 1. The Hall–Kier alpha value is -1.62. The van der Waals surface area contributed by atoms with Crippen molar-refractivity contribution in [2.24, 2.45) is 11.7 Å². The molecule has 1 aliphatic heterocycles. The van der Waals surface area contributed by atoms with Gasteiger partial charge in [0.05, 0.1) is 5.69 Å². The summed E-state index contributed by atoms with van der Waals surface area (Å²) < 4.78 is 14.3. The molecule has 0 atom stereocenters. The maximum absolute atomic E-state index is 14.3. The van der Waals surface area contributed by atoms with Crippen molar-refractivity contribution in [1.29, 1.82) is 0 Å². The maximum Gasteiger partial charge on any atom is 0.220 e. The van der Waals surface area contributed by atoms with Gasteiger partial charge in [-0.2, -0.15) is 0 Å². The number of rotatable bonds is 5. The van der Waals surface area contributed by atoms with Crippen molar-refractivity contribution in [3.05, 3.63) is 29.6 Å². The number of nitrogens with zero attached hydrogens (tertiary/aromatic N) is 1. The van der Waals surface area contributed by atoms with E-state index in [4.69, 9.17) is 5.73 Å². The molecule has 21 heavy (non-hydrogen) atoms. The monoisotopic (exact) mass is 291 g/mol. The topological polar surface area (TPSA) is 58.4 Å². The molecule has 0 bridgehead atoms. The highest BCUT2D eigenvalue weighted by Crippen LogP contribution is 2.30. The molecule has 3 rings (SSSR count). The zero-order chi connectivity index (χ0) is 14.8. The van der Waals surface area contributed by atoms with E-state index in [2.05, 4.69) is 10.2 Å². The summed E-state index contributed by atoms with van der Waals surface area (Å²) in [5, 5.41) is 3.44. The first kappa shape index (κ1) is 14.3. The quantitative estimate of drug-likeness (QED) is 0.869. The van der Waals surface area contributed by atoms with Crippen LogP contribution in [-0.4, -0.2) is 25.0 Å². The average molecular weight is 291 g/mol. The van der Waals surface area contributed by atoms with E-state index in [0.717, 1.165) is 5.56 Å². The van der Waals surface area contributed by atoms with Crippen LogP contribution in [0, 0.1) is 11.7 Å². The molecule has 0 spiro atoms. The van der Waals surface area contributed by atoms with Crippen LogP contribution in [0.2, 0.25) is 0 Å². The summed E-state index contributed by atoms with van der Waals surface area (Å²) in [5.74, 6) is -0.484. The SMILES string of the molecule is NC(=O)C1CCN(c2c(F)cccc2CNC2CC2)CC1. The number of nitrogens with one attached hydrogen (secondary N) is 1. The minimum atomic E-state index is -0.237. The van der Waals surface area contributed by atoms with Crippen molar-refractivity contribution in [3.63, 3.8) is 0 Å². The van der Waals surface area contributed by atoms with E-state index in [1.807, 2.05) is 6.07 Å². The Bertz CT molecular complexity index is 522. The highest BCUT2D eigenvalue weighted by molar-refractivity contribution is 5.77. The zero-order valence-corrected chi connectivity index (χ0v) is 12.1. The molecule has 5 heteroatoms. The Kier molecular flexibility index (Phi) is 4.10. The summed E-state index contributed by atoms with van der Waals surface area (Å²) in [4.78, 5) is 13.3. The summed E-state index contributed by atoms with van der Waals surface area (Å²) in [6.45, 7) is 2.07. The average Bonchev–Trinajstić information content (AvgIpc) is 3.29. The molecule has 0 aromatic heterocycles. The summed E-state index contributed by atoms with van der Waals surface area (Å²) in [7, 11) is 0. The van der Waals surface area contributed by atoms with E-state index >= 15 is 0 Å². The predicted molar refractivity (Wildman–Crippen MR) is 80.4 cm³/mol. The largest absolute Gasteiger partial charge is 0.369 e. The van der Waals surface area contributed by atoms with Gasteiger partial charge in [0.1, 0.15) is 5.82 Å². The minimum Gasteiger partial charge on any atom is -0.369 e. The van der Waals surface area contributed by atoms with E-state index in [1.165, 1.54) is 18.9 Å². The number of carbonyl (C=O) groups is 1. The van der Waals surface area contributed by atoms with Gasteiger partial charge in [-0.15, -0.1) is 0 Å². The van der Waals surface area contributed by atoms with Gasteiger partial charge < -0.3 is 16.0 Å². The zero-order valence-electron chi connectivity index (χ0n) is 12.1. The van der Waals surface area contributed by atoms with Gasteiger partial charge >= 0.3 is 0 Å². The highest BCUT2D eigenvalue weighted by atomic mass is 19.1. The van der Waals surface area contributed by atoms with Crippen LogP contribution in [0.4, 0.5) is 10.1 Å². The number of halogens is 1. The second kappa shape index (κ2) is 6.02. The van der Waals surface area contributed by atoms with Crippen LogP contribution in [0.3, 0.4) is 0 Å². The Morgan fingerprint density at radius 3 is 2.62 bits per heavy atom. The van der Waals surface area contributed by atoms with Crippen LogP contribution in [0.15, 0.2) is 18.2 Å². The molecule has 4 nitrogen and oxygen atoms in total. The third kappa shape index (κ3) is 3.35. The summed E-state index contributed by atoms with van der Waals surface area (Å²) in [6.07, 6.45) is 3.85. The maximum atomic E-state index is 14.3. The fraction of sp³-hybridized carbons (Fsp3) is 0.562. The fourth-order valence-corrected chi connectivity index (χ4v) is 2.99. The number of nitrogens with two attached hydrogens (primary N) is 1. The van der Waals surface area contributed by atoms with Gasteiger partial charge in [0.25, 0.3) is 0 Å². The molecular weight excluding hydrogens is 269 g/mol. The van der Waals surface area contributed by atoms with Gasteiger partial charge in [-0.1, -0.05) is 12.1 Å². The number of hydrogen-bond acceptors (Lipinski definition) is 3. The first-order valence-corrected chi connectivity index (χ1v) is 7.70. The van der Waals surface area contributed by atoms with Crippen LogP contribution in [-0.2, 0) is 11.3 Å². The lowest BCUT2D eigenvalue weighted by Gasteiger charge is -2.34. The van der Waals surface area contributed by atoms with Crippen LogP contribution in [0.25, 0.3) is 0 Å². The van der Waals surface area contributed by atoms with E-state index < -0.39 is 0 Å². The van der Waals surface area contributed by atoms with Crippen molar-refractivity contribution < 1.29 is 9.18 Å². The van der Waals surface area contributed by atoms with Crippen molar-refractivity contribution in [1.82, 2.24) is 5.32 Å². The van der Waals surface area contributed by atoms with E-state index in [1.54, 1.807) is 6.07 Å². The summed E-state index contributed by atoms with van der Waals surface area (Å²) in [6, 6.07) is 5.85. The third-order valence-electron chi connectivity index (χ3n) is 4.44. The number of hydrogen-bond donors (Lipinski definition) is 2. The van der Waals surface area contributed by atoms with Crippen LogP contribution in [0.5, 0.6) is 0 Å². The molecule has 1 amide bonds. The van der Waals surface area contributed by atoms with Crippen LogP contribution >= 0.6 is 0 Å². The Morgan fingerprint density at radius 2 is 2.00 bits per heavy atom. The molecule has 2 aliphatic rings. The van der Waals surface area contributed by atoms with E-state index in [-0.39, 0.29) is 17.6 Å². The van der Waals surface area contributed by atoms with E-state index in [9.17, 15) is 9.18 Å². The van der Waals surface area contributed by atoms with Gasteiger partial charge in [0.2, 0.25) is 5.91 Å². The molecule has 114 valence electrons.